The number of ether oxygens (including phenoxy) is 1. The molecule has 37 heavy (non-hydrogen) atoms. The van der Waals surface area contributed by atoms with Crippen LogP contribution in [-0.2, 0) is 22.9 Å². The maximum atomic E-state index is 14.4. The van der Waals surface area contributed by atoms with E-state index in [1.165, 1.54) is 36.9 Å². The number of benzene rings is 1. The molecule has 196 valence electrons. The number of primary amides is 1. The van der Waals surface area contributed by atoms with Crippen LogP contribution in [0.15, 0.2) is 36.5 Å². The second-order valence-corrected chi connectivity index (χ2v) is 9.07. The molecule has 0 aliphatic carbocycles. The Hall–Kier alpha value is -4.00. The normalized spacial score (nSPS) is 18.6. The number of aryl methyl sites for hydroxylation is 2. The molecule has 4 rings (SSSR count). The fourth-order valence-corrected chi connectivity index (χ4v) is 4.06. The lowest BCUT2D eigenvalue weighted by atomic mass is 9.81. The van der Waals surface area contributed by atoms with Crippen LogP contribution >= 0.6 is 0 Å². The van der Waals surface area contributed by atoms with Crippen molar-refractivity contribution >= 4 is 11.8 Å². The van der Waals surface area contributed by atoms with Crippen LogP contribution in [0.4, 0.5) is 17.6 Å². The van der Waals surface area contributed by atoms with E-state index in [0.29, 0.717) is 0 Å². The Morgan fingerprint density at radius 2 is 1.92 bits per heavy atom. The van der Waals surface area contributed by atoms with Crippen LogP contribution in [0, 0.1) is 12.7 Å². The summed E-state index contributed by atoms with van der Waals surface area (Å²) in [4.78, 5) is 28.9. The maximum absolute atomic E-state index is 14.4. The van der Waals surface area contributed by atoms with Gasteiger partial charge in [0.05, 0.1) is 23.5 Å². The van der Waals surface area contributed by atoms with Gasteiger partial charge in [0.25, 0.3) is 5.91 Å². The number of amides is 2. The predicted octanol–water partition coefficient (Wildman–Crippen LogP) is 2.24. The minimum absolute atomic E-state index is 0.0174. The number of fused-ring (bicyclic) bond motifs is 1. The standard InChI is InChI=1S/C24H23F4N5O4/c1-12-15(9-33(3)32-12)20(34)30-10-23(36,24(26,27)28)17-8-16-19(37-11-22(16,2)21(29)35)18(31-17)13-4-6-14(25)7-5-13/h4-9,36H,10-11H2,1-3H3,(H2,29,35)(H,30,34)/t22-,23-/m0/s1. The summed E-state index contributed by atoms with van der Waals surface area (Å²) in [7, 11) is 1.54. The van der Waals surface area contributed by atoms with Gasteiger partial charge >= 0.3 is 6.18 Å². The number of halogens is 4. The van der Waals surface area contributed by atoms with Crippen molar-refractivity contribution in [3.05, 3.63) is 64.9 Å². The van der Waals surface area contributed by atoms with Gasteiger partial charge in [0.1, 0.15) is 29.3 Å². The summed E-state index contributed by atoms with van der Waals surface area (Å²) >= 11 is 0. The van der Waals surface area contributed by atoms with Crippen molar-refractivity contribution in [2.45, 2.75) is 31.0 Å². The Balaban J connectivity index is 1.85. The molecule has 4 N–H and O–H groups in total. The summed E-state index contributed by atoms with van der Waals surface area (Å²) in [6.45, 7) is 1.32. The van der Waals surface area contributed by atoms with Gasteiger partial charge < -0.3 is 20.9 Å². The molecule has 13 heteroatoms. The van der Waals surface area contributed by atoms with E-state index >= 15 is 0 Å². The molecule has 1 aliphatic rings. The van der Waals surface area contributed by atoms with Gasteiger partial charge in [-0.05, 0) is 44.2 Å². The number of nitrogens with zero attached hydrogens (tertiary/aromatic N) is 3. The molecule has 0 saturated heterocycles. The largest absolute Gasteiger partial charge is 0.489 e. The molecular formula is C24H23F4N5O4. The van der Waals surface area contributed by atoms with Gasteiger partial charge in [0, 0.05) is 24.4 Å². The van der Waals surface area contributed by atoms with E-state index in [4.69, 9.17) is 10.5 Å². The zero-order valence-corrected chi connectivity index (χ0v) is 20.0. The SMILES string of the molecule is Cc1nn(C)cc1C(=O)NC[C@](O)(c1cc2c(c(-c3ccc(F)cc3)n1)OC[C@]2(C)C(N)=O)C(F)(F)F. The zero-order valence-electron chi connectivity index (χ0n) is 20.0. The van der Waals surface area contributed by atoms with Gasteiger partial charge in [0.2, 0.25) is 11.5 Å². The highest BCUT2D eigenvalue weighted by molar-refractivity contribution is 5.95. The fraction of sp³-hybridized carbons (Fsp3) is 0.333. The highest BCUT2D eigenvalue weighted by atomic mass is 19.4. The molecule has 2 amide bonds. The number of pyridine rings is 1. The lowest BCUT2D eigenvalue weighted by Gasteiger charge is -2.31. The third kappa shape index (κ3) is 4.39. The molecule has 0 saturated carbocycles. The van der Waals surface area contributed by atoms with Gasteiger partial charge in [0.15, 0.2) is 0 Å². The van der Waals surface area contributed by atoms with E-state index in [9.17, 15) is 32.3 Å². The second kappa shape index (κ2) is 8.83. The Kier molecular flexibility index (Phi) is 6.23. The first-order valence-corrected chi connectivity index (χ1v) is 11.0. The van der Waals surface area contributed by atoms with Crippen LogP contribution < -0.4 is 15.8 Å². The Morgan fingerprint density at radius 3 is 2.46 bits per heavy atom. The van der Waals surface area contributed by atoms with Crippen molar-refractivity contribution in [3.8, 4) is 17.0 Å². The Bertz CT molecular complexity index is 1390. The number of nitrogens with one attached hydrogen (secondary N) is 1. The van der Waals surface area contributed by atoms with E-state index in [-0.39, 0.29) is 40.4 Å². The second-order valence-electron chi connectivity index (χ2n) is 9.07. The van der Waals surface area contributed by atoms with Gasteiger partial charge in [-0.15, -0.1) is 0 Å². The minimum Gasteiger partial charge on any atom is -0.489 e. The number of rotatable bonds is 6. The first-order valence-electron chi connectivity index (χ1n) is 11.0. The summed E-state index contributed by atoms with van der Waals surface area (Å²) in [5.74, 6) is -2.38. The van der Waals surface area contributed by atoms with Crippen molar-refractivity contribution in [2.75, 3.05) is 13.2 Å². The first kappa shape index (κ1) is 26.1. The van der Waals surface area contributed by atoms with Gasteiger partial charge in [-0.3, -0.25) is 14.3 Å². The zero-order chi connectivity index (χ0) is 27.3. The number of aromatic nitrogens is 3. The fourth-order valence-electron chi connectivity index (χ4n) is 4.06. The van der Waals surface area contributed by atoms with Crippen LogP contribution in [0.3, 0.4) is 0 Å². The number of carbonyl (C=O) groups is 2. The molecule has 2 aromatic heterocycles. The number of aliphatic hydroxyl groups is 1. The molecule has 1 aliphatic heterocycles. The molecule has 0 bridgehead atoms. The third-order valence-electron chi connectivity index (χ3n) is 6.39. The summed E-state index contributed by atoms with van der Waals surface area (Å²) in [5, 5.41) is 17.1. The molecule has 9 nitrogen and oxygen atoms in total. The van der Waals surface area contributed by atoms with E-state index < -0.39 is 47.1 Å². The van der Waals surface area contributed by atoms with Crippen molar-refractivity contribution in [1.29, 1.82) is 0 Å². The topological polar surface area (TPSA) is 132 Å². The minimum atomic E-state index is -5.31. The Morgan fingerprint density at radius 1 is 1.27 bits per heavy atom. The van der Waals surface area contributed by atoms with Crippen LogP contribution in [0.5, 0.6) is 5.75 Å². The van der Waals surface area contributed by atoms with Crippen LogP contribution in [0.2, 0.25) is 0 Å². The van der Waals surface area contributed by atoms with E-state index in [2.05, 4.69) is 15.4 Å². The summed E-state index contributed by atoms with van der Waals surface area (Å²) in [6, 6.07) is 5.58. The number of hydrogen-bond donors (Lipinski definition) is 3. The summed E-state index contributed by atoms with van der Waals surface area (Å²) in [5.41, 5.74) is -0.287. The number of hydrogen-bond acceptors (Lipinski definition) is 6. The molecule has 3 heterocycles. The molecule has 1 aromatic carbocycles. The molecule has 0 spiro atoms. The van der Waals surface area contributed by atoms with Crippen molar-refractivity contribution in [1.82, 2.24) is 20.1 Å². The molecule has 3 aromatic rings. The van der Waals surface area contributed by atoms with E-state index in [0.717, 1.165) is 18.2 Å². The van der Waals surface area contributed by atoms with Crippen LogP contribution in [0.1, 0.15) is 34.2 Å². The van der Waals surface area contributed by atoms with Crippen molar-refractivity contribution < 1.29 is 37.0 Å². The van der Waals surface area contributed by atoms with Gasteiger partial charge in [-0.1, -0.05) is 0 Å². The number of carbonyl (C=O) groups excluding carboxylic acids is 2. The summed E-state index contributed by atoms with van der Waals surface area (Å²) < 4.78 is 63.6. The molecule has 0 radical (unpaired) electrons. The van der Waals surface area contributed by atoms with E-state index in [1.54, 1.807) is 7.05 Å². The average Bonchev–Trinajstić information content (AvgIpc) is 3.35. The lowest BCUT2D eigenvalue weighted by Crippen LogP contribution is -2.52. The Labute approximate surface area is 208 Å². The predicted molar refractivity (Wildman–Crippen MR) is 122 cm³/mol. The van der Waals surface area contributed by atoms with Crippen molar-refractivity contribution in [2.24, 2.45) is 12.8 Å². The van der Waals surface area contributed by atoms with Gasteiger partial charge in [-0.2, -0.15) is 18.3 Å². The van der Waals surface area contributed by atoms with Crippen LogP contribution in [-0.4, -0.2) is 51.0 Å². The van der Waals surface area contributed by atoms with Crippen LogP contribution in [0.25, 0.3) is 11.3 Å². The van der Waals surface area contributed by atoms with Crippen molar-refractivity contribution in [3.63, 3.8) is 0 Å². The first-order chi connectivity index (χ1) is 17.2. The maximum Gasteiger partial charge on any atom is 0.424 e. The van der Waals surface area contributed by atoms with Gasteiger partial charge in [-0.25, -0.2) is 9.37 Å². The molecule has 0 unspecified atom stereocenters. The monoisotopic (exact) mass is 521 g/mol. The quantitative estimate of drug-likeness (QED) is 0.427. The highest BCUT2D eigenvalue weighted by Crippen LogP contribution is 2.47. The molecular weight excluding hydrogens is 498 g/mol. The molecule has 0 fully saturated rings. The lowest BCUT2D eigenvalue weighted by molar-refractivity contribution is -0.265. The third-order valence-corrected chi connectivity index (χ3v) is 6.39. The average molecular weight is 521 g/mol. The number of alkyl halides is 3. The number of nitrogens with two attached hydrogens (primary N) is 1. The summed E-state index contributed by atoms with van der Waals surface area (Å²) in [6.07, 6.45) is -3.98. The van der Waals surface area contributed by atoms with E-state index in [1.807, 2.05) is 0 Å². The smallest absolute Gasteiger partial charge is 0.424 e. The highest BCUT2D eigenvalue weighted by Gasteiger charge is 2.57. The molecule has 2 atom stereocenters.